The lowest BCUT2D eigenvalue weighted by Crippen LogP contribution is -2.43. The van der Waals surface area contributed by atoms with Gasteiger partial charge in [0.25, 0.3) is 5.91 Å². The number of carbonyl (C=O) groups is 1. The van der Waals surface area contributed by atoms with Gasteiger partial charge in [0.1, 0.15) is 5.15 Å². The average Bonchev–Trinajstić information content (AvgIpc) is 2.46. The van der Waals surface area contributed by atoms with E-state index in [1.54, 1.807) is 6.07 Å². The van der Waals surface area contributed by atoms with E-state index in [4.69, 9.17) is 11.6 Å². The van der Waals surface area contributed by atoms with E-state index in [0.717, 1.165) is 44.3 Å². The van der Waals surface area contributed by atoms with Crippen molar-refractivity contribution in [2.45, 2.75) is 58.4 Å². The lowest BCUT2D eigenvalue weighted by atomic mass is 9.99. The first kappa shape index (κ1) is 15.3. The van der Waals surface area contributed by atoms with Gasteiger partial charge in [-0.15, -0.1) is 0 Å². The van der Waals surface area contributed by atoms with Gasteiger partial charge < -0.3 is 4.90 Å². The van der Waals surface area contributed by atoms with Crippen molar-refractivity contribution in [2.24, 2.45) is 0 Å². The molecule has 3 nitrogen and oxygen atoms in total. The number of hydrogen-bond acceptors (Lipinski definition) is 2. The van der Waals surface area contributed by atoms with Crippen molar-refractivity contribution in [1.82, 2.24) is 9.88 Å². The molecule has 1 unspecified atom stereocenters. The van der Waals surface area contributed by atoms with Gasteiger partial charge in [-0.25, -0.2) is 4.98 Å². The largest absolute Gasteiger partial charge is 0.336 e. The van der Waals surface area contributed by atoms with E-state index in [1.165, 1.54) is 6.42 Å². The fourth-order valence-electron chi connectivity index (χ4n) is 2.92. The first-order valence-corrected chi connectivity index (χ1v) is 8.01. The number of pyridine rings is 1. The zero-order valence-electron chi connectivity index (χ0n) is 12.4. The van der Waals surface area contributed by atoms with Crippen LogP contribution in [0.15, 0.2) is 12.1 Å². The molecule has 0 aliphatic carbocycles. The van der Waals surface area contributed by atoms with Crippen LogP contribution in [0.25, 0.3) is 0 Å². The van der Waals surface area contributed by atoms with Gasteiger partial charge in [0.2, 0.25) is 0 Å². The van der Waals surface area contributed by atoms with E-state index in [1.807, 2.05) is 11.0 Å². The summed E-state index contributed by atoms with van der Waals surface area (Å²) in [5, 5.41) is 0.421. The van der Waals surface area contributed by atoms with Crippen LogP contribution in [0.1, 0.15) is 62.0 Å². The van der Waals surface area contributed by atoms with Crippen LogP contribution in [0.5, 0.6) is 0 Å². The Balaban J connectivity index is 2.23. The van der Waals surface area contributed by atoms with Crippen molar-refractivity contribution in [2.75, 3.05) is 6.54 Å². The second-order valence-corrected chi connectivity index (χ2v) is 5.86. The summed E-state index contributed by atoms with van der Waals surface area (Å²) in [4.78, 5) is 19.0. The minimum absolute atomic E-state index is 0.109. The topological polar surface area (TPSA) is 33.2 Å². The summed E-state index contributed by atoms with van der Waals surface area (Å²) < 4.78 is 0. The predicted molar refractivity (Wildman–Crippen MR) is 82.2 cm³/mol. The quantitative estimate of drug-likeness (QED) is 0.784. The minimum Gasteiger partial charge on any atom is -0.336 e. The zero-order chi connectivity index (χ0) is 14.5. The standard InChI is InChI=1S/C16H23ClN2O/c1-3-7-13-10-12(11-15(17)18-13)16(20)19-9-6-5-8-14(19)4-2/h10-11,14H,3-9H2,1-2H3. The summed E-state index contributed by atoms with van der Waals surface area (Å²) in [6.45, 7) is 5.11. The molecule has 0 N–H and O–H groups in total. The molecule has 0 aromatic carbocycles. The third-order valence-electron chi connectivity index (χ3n) is 3.96. The van der Waals surface area contributed by atoms with Gasteiger partial charge in [-0.2, -0.15) is 0 Å². The molecule has 1 fully saturated rings. The number of halogens is 1. The molecule has 0 radical (unpaired) electrons. The van der Waals surface area contributed by atoms with Gasteiger partial charge in [0.15, 0.2) is 0 Å². The van der Waals surface area contributed by atoms with Gasteiger partial charge >= 0.3 is 0 Å². The molecule has 4 heteroatoms. The predicted octanol–water partition coefficient (Wildman–Crippen LogP) is 4.09. The Morgan fingerprint density at radius 2 is 2.20 bits per heavy atom. The van der Waals surface area contributed by atoms with Crippen molar-refractivity contribution in [3.63, 3.8) is 0 Å². The van der Waals surface area contributed by atoms with Crippen LogP contribution < -0.4 is 0 Å². The van der Waals surface area contributed by atoms with Crippen LogP contribution in [0.4, 0.5) is 0 Å². The molecular formula is C16H23ClN2O. The first-order valence-electron chi connectivity index (χ1n) is 7.63. The molecule has 1 aliphatic heterocycles. The number of rotatable bonds is 4. The lowest BCUT2D eigenvalue weighted by molar-refractivity contribution is 0.0608. The normalized spacial score (nSPS) is 19.1. The van der Waals surface area contributed by atoms with Crippen molar-refractivity contribution in [1.29, 1.82) is 0 Å². The number of piperidine rings is 1. The molecular weight excluding hydrogens is 272 g/mol. The van der Waals surface area contributed by atoms with Crippen molar-refractivity contribution in [3.8, 4) is 0 Å². The van der Waals surface area contributed by atoms with Crippen LogP contribution >= 0.6 is 11.6 Å². The van der Waals surface area contributed by atoms with E-state index in [9.17, 15) is 4.79 Å². The lowest BCUT2D eigenvalue weighted by Gasteiger charge is -2.35. The molecule has 1 amide bonds. The molecule has 2 rings (SSSR count). The van der Waals surface area contributed by atoms with E-state index in [-0.39, 0.29) is 5.91 Å². The Morgan fingerprint density at radius 3 is 2.90 bits per heavy atom. The fourth-order valence-corrected chi connectivity index (χ4v) is 3.14. The summed E-state index contributed by atoms with van der Waals surface area (Å²) in [5.74, 6) is 0.109. The van der Waals surface area contributed by atoms with Crippen molar-refractivity contribution in [3.05, 3.63) is 28.5 Å². The summed E-state index contributed by atoms with van der Waals surface area (Å²) >= 11 is 6.06. The summed E-state index contributed by atoms with van der Waals surface area (Å²) in [6, 6.07) is 3.97. The summed E-state index contributed by atoms with van der Waals surface area (Å²) in [5.41, 5.74) is 1.60. The van der Waals surface area contributed by atoms with Crippen LogP contribution in [0, 0.1) is 0 Å². The number of amides is 1. The number of carbonyl (C=O) groups excluding carboxylic acids is 1. The Hall–Kier alpha value is -1.09. The molecule has 1 aromatic rings. The smallest absolute Gasteiger partial charge is 0.254 e. The van der Waals surface area contributed by atoms with Crippen LogP contribution in [-0.4, -0.2) is 28.4 Å². The Kier molecular flexibility index (Phi) is 5.41. The highest BCUT2D eigenvalue weighted by atomic mass is 35.5. The highest BCUT2D eigenvalue weighted by molar-refractivity contribution is 6.29. The molecule has 2 heterocycles. The molecule has 20 heavy (non-hydrogen) atoms. The van der Waals surface area contributed by atoms with Crippen molar-refractivity contribution < 1.29 is 4.79 Å². The van der Waals surface area contributed by atoms with Gasteiger partial charge in [0, 0.05) is 23.8 Å². The Morgan fingerprint density at radius 1 is 1.40 bits per heavy atom. The number of likely N-dealkylation sites (tertiary alicyclic amines) is 1. The van der Waals surface area contributed by atoms with E-state index in [2.05, 4.69) is 18.8 Å². The Bertz CT molecular complexity index is 476. The van der Waals surface area contributed by atoms with Crippen LogP contribution in [0.2, 0.25) is 5.15 Å². The summed E-state index contributed by atoms with van der Waals surface area (Å²) in [7, 11) is 0. The SMILES string of the molecule is CCCc1cc(C(=O)N2CCCCC2CC)cc(Cl)n1. The first-order chi connectivity index (χ1) is 9.65. The van der Waals surface area contributed by atoms with Gasteiger partial charge in [0.05, 0.1) is 0 Å². The fraction of sp³-hybridized carbons (Fsp3) is 0.625. The Labute approximate surface area is 126 Å². The van der Waals surface area contributed by atoms with E-state index in [0.29, 0.717) is 16.8 Å². The van der Waals surface area contributed by atoms with E-state index >= 15 is 0 Å². The molecule has 0 bridgehead atoms. The minimum atomic E-state index is 0.109. The van der Waals surface area contributed by atoms with Gasteiger partial charge in [-0.1, -0.05) is 31.9 Å². The maximum Gasteiger partial charge on any atom is 0.254 e. The molecule has 110 valence electrons. The number of aromatic nitrogens is 1. The highest BCUT2D eigenvalue weighted by Gasteiger charge is 2.26. The van der Waals surface area contributed by atoms with Gasteiger partial charge in [-0.05, 0) is 44.2 Å². The number of hydrogen-bond donors (Lipinski definition) is 0. The van der Waals surface area contributed by atoms with Crippen LogP contribution in [0.3, 0.4) is 0 Å². The van der Waals surface area contributed by atoms with E-state index < -0.39 is 0 Å². The molecule has 1 atom stereocenters. The van der Waals surface area contributed by atoms with Crippen molar-refractivity contribution >= 4 is 17.5 Å². The second-order valence-electron chi connectivity index (χ2n) is 5.48. The molecule has 1 aliphatic rings. The monoisotopic (exact) mass is 294 g/mol. The summed E-state index contributed by atoms with van der Waals surface area (Å²) in [6.07, 6.45) is 6.32. The zero-order valence-corrected chi connectivity index (χ0v) is 13.1. The van der Waals surface area contributed by atoms with Gasteiger partial charge in [-0.3, -0.25) is 4.79 Å². The molecule has 0 spiro atoms. The number of aryl methyl sites for hydroxylation is 1. The average molecular weight is 295 g/mol. The molecule has 1 aromatic heterocycles. The molecule has 1 saturated heterocycles. The number of nitrogens with zero attached hydrogens (tertiary/aromatic N) is 2. The maximum absolute atomic E-state index is 12.7. The third-order valence-corrected chi connectivity index (χ3v) is 4.15. The maximum atomic E-state index is 12.7. The second kappa shape index (κ2) is 7.07. The highest BCUT2D eigenvalue weighted by Crippen LogP contribution is 2.23. The van der Waals surface area contributed by atoms with Crippen LogP contribution in [-0.2, 0) is 6.42 Å². The molecule has 0 saturated carbocycles. The third kappa shape index (κ3) is 3.51.